The van der Waals surface area contributed by atoms with Crippen LogP contribution in [0.25, 0.3) is 0 Å². The van der Waals surface area contributed by atoms with E-state index in [4.69, 9.17) is 9.73 Å². The van der Waals surface area contributed by atoms with Crippen LogP contribution in [0.3, 0.4) is 0 Å². The Hall–Kier alpha value is -1.86. The first kappa shape index (κ1) is 22.4. The molecule has 7 heteroatoms. The molecular weight excluding hydrogens is 354 g/mol. The van der Waals surface area contributed by atoms with Crippen LogP contribution >= 0.6 is 0 Å². The molecule has 1 aliphatic heterocycles. The summed E-state index contributed by atoms with van der Waals surface area (Å²) in [5.41, 5.74) is 1.22. The highest BCUT2D eigenvalue weighted by atomic mass is 16.5. The van der Waals surface area contributed by atoms with Gasteiger partial charge in [-0.05, 0) is 37.7 Å². The van der Waals surface area contributed by atoms with Gasteiger partial charge in [-0.3, -0.25) is 0 Å². The number of guanidine groups is 1. The van der Waals surface area contributed by atoms with Crippen molar-refractivity contribution in [2.24, 2.45) is 10.4 Å². The lowest BCUT2D eigenvalue weighted by atomic mass is 9.79. The van der Waals surface area contributed by atoms with E-state index in [1.165, 1.54) is 0 Å². The summed E-state index contributed by atoms with van der Waals surface area (Å²) in [7, 11) is 0. The lowest BCUT2D eigenvalue weighted by Gasteiger charge is -2.32. The molecule has 158 valence electrons. The van der Waals surface area contributed by atoms with Gasteiger partial charge in [0.2, 0.25) is 0 Å². The molecule has 1 aliphatic rings. The van der Waals surface area contributed by atoms with Crippen LogP contribution in [0.15, 0.2) is 23.3 Å². The lowest BCUT2D eigenvalue weighted by molar-refractivity contribution is 0.122. The Morgan fingerprint density at radius 2 is 2.00 bits per heavy atom. The van der Waals surface area contributed by atoms with E-state index in [2.05, 4.69) is 47.4 Å². The van der Waals surface area contributed by atoms with Crippen molar-refractivity contribution < 1.29 is 9.84 Å². The van der Waals surface area contributed by atoms with Gasteiger partial charge < -0.3 is 25.4 Å². The highest BCUT2D eigenvalue weighted by Crippen LogP contribution is 2.29. The lowest BCUT2D eigenvalue weighted by Crippen LogP contribution is -2.44. The number of ether oxygens (including phenoxy) is 1. The summed E-state index contributed by atoms with van der Waals surface area (Å²) in [5.74, 6) is 1.81. The van der Waals surface area contributed by atoms with Gasteiger partial charge in [0.1, 0.15) is 5.82 Å². The molecule has 0 aliphatic carbocycles. The van der Waals surface area contributed by atoms with Crippen molar-refractivity contribution in [1.82, 2.24) is 15.6 Å². The van der Waals surface area contributed by atoms with E-state index in [0.29, 0.717) is 6.54 Å². The largest absolute Gasteiger partial charge is 0.396 e. The molecule has 0 saturated carbocycles. The minimum atomic E-state index is 0.0954. The van der Waals surface area contributed by atoms with Crippen LogP contribution in [0.2, 0.25) is 0 Å². The number of rotatable bonds is 10. The Balaban J connectivity index is 2.08. The monoisotopic (exact) mass is 391 g/mol. The van der Waals surface area contributed by atoms with E-state index in [9.17, 15) is 5.11 Å². The van der Waals surface area contributed by atoms with Gasteiger partial charge >= 0.3 is 0 Å². The zero-order valence-corrected chi connectivity index (χ0v) is 17.7. The van der Waals surface area contributed by atoms with Crippen molar-refractivity contribution in [3.63, 3.8) is 0 Å². The molecule has 7 nitrogen and oxygen atoms in total. The minimum absolute atomic E-state index is 0.0954. The topological polar surface area (TPSA) is 82.0 Å². The quantitative estimate of drug-likeness (QED) is 0.419. The van der Waals surface area contributed by atoms with Crippen LogP contribution in [-0.2, 0) is 11.3 Å². The van der Waals surface area contributed by atoms with E-state index >= 15 is 0 Å². The van der Waals surface area contributed by atoms with Crippen LogP contribution < -0.4 is 15.5 Å². The van der Waals surface area contributed by atoms with Crippen molar-refractivity contribution in [2.45, 2.75) is 46.6 Å². The first-order valence-electron chi connectivity index (χ1n) is 10.6. The highest BCUT2D eigenvalue weighted by molar-refractivity contribution is 5.79. The van der Waals surface area contributed by atoms with Crippen molar-refractivity contribution >= 4 is 11.8 Å². The zero-order chi connectivity index (χ0) is 20.2. The summed E-state index contributed by atoms with van der Waals surface area (Å²) >= 11 is 0. The van der Waals surface area contributed by atoms with E-state index in [0.717, 1.165) is 76.0 Å². The van der Waals surface area contributed by atoms with E-state index < -0.39 is 0 Å². The predicted molar refractivity (Wildman–Crippen MR) is 115 cm³/mol. The highest BCUT2D eigenvalue weighted by Gasteiger charge is 2.25. The predicted octanol–water partition coefficient (Wildman–Crippen LogP) is 2.16. The first-order valence-corrected chi connectivity index (χ1v) is 10.6. The number of morpholine rings is 1. The minimum Gasteiger partial charge on any atom is -0.396 e. The van der Waals surface area contributed by atoms with Crippen molar-refractivity contribution in [1.29, 1.82) is 0 Å². The second-order valence-electron chi connectivity index (χ2n) is 7.31. The van der Waals surface area contributed by atoms with E-state index in [1.54, 1.807) is 0 Å². The second kappa shape index (κ2) is 11.9. The van der Waals surface area contributed by atoms with E-state index in [1.807, 2.05) is 12.3 Å². The Kier molecular flexibility index (Phi) is 9.50. The molecule has 0 radical (unpaired) electrons. The fourth-order valence-electron chi connectivity index (χ4n) is 3.57. The molecule has 1 fully saturated rings. The summed E-state index contributed by atoms with van der Waals surface area (Å²) in [4.78, 5) is 11.7. The molecule has 2 heterocycles. The molecule has 3 N–H and O–H groups in total. The summed E-state index contributed by atoms with van der Waals surface area (Å²) in [6.45, 7) is 12.1. The van der Waals surface area contributed by atoms with Gasteiger partial charge in [0.05, 0.1) is 19.8 Å². The van der Waals surface area contributed by atoms with Crippen LogP contribution in [0.1, 0.15) is 45.6 Å². The molecule has 0 bridgehead atoms. The van der Waals surface area contributed by atoms with Crippen molar-refractivity contribution in [3.8, 4) is 0 Å². The SMILES string of the molecule is CCNC(=NCc1cccnc1N1CCOCC1)NCC(CC)(CC)CCO. The van der Waals surface area contributed by atoms with Crippen LogP contribution in [0.5, 0.6) is 0 Å². The maximum atomic E-state index is 9.44. The van der Waals surface area contributed by atoms with Crippen molar-refractivity contribution in [2.75, 3.05) is 50.9 Å². The summed E-state index contributed by atoms with van der Waals surface area (Å²) in [5, 5.41) is 16.3. The molecule has 0 atom stereocenters. The second-order valence-corrected chi connectivity index (χ2v) is 7.31. The average molecular weight is 392 g/mol. The number of hydrogen-bond donors (Lipinski definition) is 3. The zero-order valence-electron chi connectivity index (χ0n) is 17.7. The van der Waals surface area contributed by atoms with Crippen LogP contribution in [-0.4, -0.2) is 62.0 Å². The maximum Gasteiger partial charge on any atom is 0.191 e. The Morgan fingerprint density at radius 1 is 1.25 bits per heavy atom. The summed E-state index contributed by atoms with van der Waals surface area (Å²) in [6.07, 6.45) is 4.70. The molecule has 1 saturated heterocycles. The number of aromatic nitrogens is 1. The normalized spacial score (nSPS) is 15.6. The van der Waals surface area contributed by atoms with Crippen molar-refractivity contribution in [3.05, 3.63) is 23.9 Å². The molecular formula is C21H37N5O2. The number of nitrogens with one attached hydrogen (secondary N) is 2. The molecule has 0 aromatic carbocycles. The Bertz CT molecular complexity index is 598. The van der Waals surface area contributed by atoms with Gasteiger partial charge in [-0.15, -0.1) is 0 Å². The molecule has 0 unspecified atom stereocenters. The Morgan fingerprint density at radius 3 is 2.64 bits per heavy atom. The number of anilines is 1. The Labute approximate surface area is 169 Å². The summed E-state index contributed by atoms with van der Waals surface area (Å²) < 4.78 is 5.46. The van der Waals surface area contributed by atoms with Gasteiger partial charge in [-0.2, -0.15) is 0 Å². The third kappa shape index (κ3) is 6.34. The van der Waals surface area contributed by atoms with Gasteiger partial charge in [-0.1, -0.05) is 19.9 Å². The van der Waals surface area contributed by atoms with Gasteiger partial charge in [-0.25, -0.2) is 9.98 Å². The number of pyridine rings is 1. The molecule has 0 spiro atoms. The van der Waals surface area contributed by atoms with E-state index in [-0.39, 0.29) is 12.0 Å². The maximum absolute atomic E-state index is 9.44. The fraction of sp³-hybridized carbons (Fsp3) is 0.714. The standard InChI is InChI=1S/C21H37N5O2/c1-4-21(5-2,9-13-27)17-25-20(22-6-3)24-16-18-8-7-10-23-19(18)26-11-14-28-15-12-26/h7-8,10,27H,4-6,9,11-17H2,1-3H3,(H2,22,24,25). The smallest absolute Gasteiger partial charge is 0.191 e. The molecule has 1 aromatic heterocycles. The third-order valence-electron chi connectivity index (χ3n) is 5.70. The average Bonchev–Trinajstić information content (AvgIpc) is 2.75. The fourth-order valence-corrected chi connectivity index (χ4v) is 3.57. The number of aliphatic hydroxyl groups excluding tert-OH is 1. The molecule has 0 amide bonds. The van der Waals surface area contributed by atoms with Gasteiger partial charge in [0.25, 0.3) is 0 Å². The van der Waals surface area contributed by atoms with Gasteiger partial charge in [0, 0.05) is 44.5 Å². The molecule has 1 aromatic rings. The molecule has 2 rings (SSSR count). The number of aliphatic hydroxyl groups is 1. The summed E-state index contributed by atoms with van der Waals surface area (Å²) in [6, 6.07) is 4.06. The number of aliphatic imine (C=N–C) groups is 1. The van der Waals surface area contributed by atoms with Crippen LogP contribution in [0.4, 0.5) is 5.82 Å². The van der Waals surface area contributed by atoms with Gasteiger partial charge in [0.15, 0.2) is 5.96 Å². The number of hydrogen-bond acceptors (Lipinski definition) is 5. The van der Waals surface area contributed by atoms with Crippen LogP contribution in [0, 0.1) is 5.41 Å². The third-order valence-corrected chi connectivity index (χ3v) is 5.70. The molecule has 28 heavy (non-hydrogen) atoms. The first-order chi connectivity index (χ1) is 13.7. The number of nitrogens with zero attached hydrogens (tertiary/aromatic N) is 3.